The van der Waals surface area contributed by atoms with Crippen molar-refractivity contribution < 1.29 is 13.7 Å². The molecule has 7 heteroatoms. The third kappa shape index (κ3) is 3.64. The zero-order valence-corrected chi connectivity index (χ0v) is 15.8. The van der Waals surface area contributed by atoms with Crippen molar-refractivity contribution in [2.24, 2.45) is 4.36 Å². The van der Waals surface area contributed by atoms with Crippen molar-refractivity contribution >= 4 is 26.3 Å². The molecule has 0 unspecified atom stereocenters. The highest BCUT2D eigenvalue weighted by Gasteiger charge is 2.17. The van der Waals surface area contributed by atoms with Crippen LogP contribution in [0.4, 0.5) is 10.1 Å². The van der Waals surface area contributed by atoms with Gasteiger partial charge in [0, 0.05) is 34.9 Å². The number of aryl methyl sites for hydroxylation is 1. The topological polar surface area (TPSA) is 75.4 Å². The molecular formula is C20H20FN3O2S. The first kappa shape index (κ1) is 17.9. The molecule has 0 amide bonds. The van der Waals surface area contributed by atoms with Crippen LogP contribution in [0.5, 0.6) is 5.75 Å². The smallest absolute Gasteiger partial charge is 0.126 e. The maximum atomic E-state index is 13.2. The van der Waals surface area contributed by atoms with E-state index in [4.69, 9.17) is 0 Å². The lowest BCUT2D eigenvalue weighted by atomic mass is 10.0. The van der Waals surface area contributed by atoms with Crippen molar-refractivity contribution in [2.45, 2.75) is 26.2 Å². The van der Waals surface area contributed by atoms with Gasteiger partial charge in [-0.15, -0.1) is 0 Å². The highest BCUT2D eigenvalue weighted by atomic mass is 32.2. The third-order valence-electron chi connectivity index (χ3n) is 4.85. The first-order valence-electron chi connectivity index (χ1n) is 8.88. The van der Waals surface area contributed by atoms with Crippen molar-refractivity contribution in [3.05, 3.63) is 59.3 Å². The summed E-state index contributed by atoms with van der Waals surface area (Å²) in [7, 11) is -2.15. The van der Waals surface area contributed by atoms with Gasteiger partial charge in [-0.3, -0.25) is 0 Å². The van der Waals surface area contributed by atoms with Crippen LogP contribution in [-0.2, 0) is 16.1 Å². The fraction of sp³-hybridized carbons (Fsp3) is 0.300. The molecule has 140 valence electrons. The minimum Gasteiger partial charge on any atom is -0.508 e. The number of benzene rings is 2. The zero-order valence-electron chi connectivity index (χ0n) is 15.0. The van der Waals surface area contributed by atoms with Gasteiger partial charge in [0.15, 0.2) is 0 Å². The Morgan fingerprint density at radius 3 is 2.70 bits per heavy atom. The monoisotopic (exact) mass is 385 g/mol. The van der Waals surface area contributed by atoms with Crippen molar-refractivity contribution in [3.8, 4) is 5.75 Å². The zero-order chi connectivity index (χ0) is 19.0. The van der Waals surface area contributed by atoms with Gasteiger partial charge in [0.05, 0.1) is 26.6 Å². The second kappa shape index (κ2) is 6.88. The van der Waals surface area contributed by atoms with Crippen LogP contribution >= 0.6 is 0 Å². The molecule has 3 aromatic rings. The molecule has 1 aliphatic rings. The van der Waals surface area contributed by atoms with Crippen LogP contribution in [0.1, 0.15) is 29.7 Å². The molecule has 1 N–H and O–H groups in total. The Balaban J connectivity index is 1.78. The first-order valence-corrected chi connectivity index (χ1v) is 10.7. The maximum absolute atomic E-state index is 13.2. The summed E-state index contributed by atoms with van der Waals surface area (Å²) in [5, 5.41) is 10.9. The van der Waals surface area contributed by atoms with Crippen LogP contribution in [0, 0.1) is 12.7 Å². The molecular weight excluding hydrogens is 365 g/mol. The molecule has 0 atom stereocenters. The van der Waals surface area contributed by atoms with Gasteiger partial charge >= 0.3 is 0 Å². The Labute approximate surface area is 157 Å². The molecule has 2 heterocycles. The molecule has 0 aliphatic carbocycles. The van der Waals surface area contributed by atoms with Crippen molar-refractivity contribution in [1.82, 2.24) is 9.97 Å². The lowest BCUT2D eigenvalue weighted by Crippen LogP contribution is -2.00. The number of nitrogens with zero attached hydrogens (tertiary/aromatic N) is 3. The Morgan fingerprint density at radius 2 is 1.96 bits per heavy atom. The largest absolute Gasteiger partial charge is 0.508 e. The predicted octanol–water partition coefficient (Wildman–Crippen LogP) is 4.27. The Morgan fingerprint density at radius 1 is 1.19 bits per heavy atom. The van der Waals surface area contributed by atoms with Crippen LogP contribution < -0.4 is 0 Å². The summed E-state index contributed by atoms with van der Waals surface area (Å²) >= 11 is 0. The van der Waals surface area contributed by atoms with Crippen LogP contribution in [0.15, 0.2) is 41.0 Å². The molecule has 2 aromatic carbocycles. The average Bonchev–Trinajstić information content (AvgIpc) is 3.03. The van der Waals surface area contributed by atoms with Crippen molar-refractivity contribution in [2.75, 3.05) is 11.5 Å². The summed E-state index contributed by atoms with van der Waals surface area (Å²) in [5.41, 5.74) is 3.68. The number of hydrogen-bond acceptors (Lipinski definition) is 5. The standard InChI is InChI=1S/C20H20FN3O2S/c1-13-8-16(24-27(26)6-2-3-7-27)11-18-20(13)17(22-12-23-18)9-14-4-5-15(21)10-19(14)25/h4-5,8,10-12,25H,2-3,6-7,9H2,1H3. The van der Waals surface area contributed by atoms with Crippen LogP contribution in [-0.4, -0.2) is 30.8 Å². The minimum atomic E-state index is -2.15. The third-order valence-corrected chi connectivity index (χ3v) is 7.25. The second-order valence-electron chi connectivity index (χ2n) is 6.91. The lowest BCUT2D eigenvalue weighted by molar-refractivity contribution is 0.463. The van der Waals surface area contributed by atoms with E-state index >= 15 is 0 Å². The SMILES string of the molecule is Cc1cc(N=S2(=O)CCCC2)cc2ncnc(Cc3ccc(F)cc3O)c12. The van der Waals surface area contributed by atoms with Gasteiger partial charge in [-0.05, 0) is 43.5 Å². The van der Waals surface area contributed by atoms with Crippen LogP contribution in [0.25, 0.3) is 10.9 Å². The normalized spacial score (nSPS) is 15.9. The minimum absolute atomic E-state index is 0.0934. The number of aromatic hydroxyl groups is 1. The summed E-state index contributed by atoms with van der Waals surface area (Å²) in [4.78, 5) is 8.72. The highest BCUT2D eigenvalue weighted by Crippen LogP contribution is 2.30. The number of phenolic OH excluding ortho intramolecular Hbond substituents is 1. The summed E-state index contributed by atoms with van der Waals surface area (Å²) in [6.07, 6.45) is 3.75. The Hall–Kier alpha value is -2.54. The van der Waals surface area contributed by atoms with Crippen LogP contribution in [0.3, 0.4) is 0 Å². The van der Waals surface area contributed by atoms with Gasteiger partial charge in [0.1, 0.15) is 17.9 Å². The molecule has 0 saturated carbocycles. The Kier molecular flexibility index (Phi) is 4.55. The quantitative estimate of drug-likeness (QED) is 0.731. The fourth-order valence-electron chi connectivity index (χ4n) is 3.55. The van der Waals surface area contributed by atoms with E-state index in [2.05, 4.69) is 14.3 Å². The maximum Gasteiger partial charge on any atom is 0.126 e. The van der Waals surface area contributed by atoms with Gasteiger partial charge in [-0.25, -0.2) is 18.6 Å². The van der Waals surface area contributed by atoms with Gasteiger partial charge in [-0.2, -0.15) is 4.36 Å². The van der Waals surface area contributed by atoms with Crippen molar-refractivity contribution in [1.29, 1.82) is 0 Å². The van der Waals surface area contributed by atoms with E-state index in [0.717, 1.165) is 41.1 Å². The molecule has 1 aromatic heterocycles. The highest BCUT2D eigenvalue weighted by molar-refractivity contribution is 7.93. The summed E-state index contributed by atoms with van der Waals surface area (Å²) < 4.78 is 30.5. The summed E-state index contributed by atoms with van der Waals surface area (Å²) in [5.74, 6) is 0.739. The molecule has 5 nitrogen and oxygen atoms in total. The second-order valence-corrected chi connectivity index (χ2v) is 9.45. The molecule has 27 heavy (non-hydrogen) atoms. The van der Waals surface area contributed by atoms with E-state index in [0.29, 0.717) is 29.2 Å². The average molecular weight is 385 g/mol. The molecule has 0 radical (unpaired) electrons. The first-order chi connectivity index (χ1) is 12.9. The number of halogens is 1. The van der Waals surface area contributed by atoms with Gasteiger partial charge < -0.3 is 5.11 Å². The van der Waals surface area contributed by atoms with Gasteiger partial charge in [0.2, 0.25) is 0 Å². The van der Waals surface area contributed by atoms with E-state index in [1.807, 2.05) is 19.1 Å². The van der Waals surface area contributed by atoms with E-state index in [-0.39, 0.29) is 5.75 Å². The van der Waals surface area contributed by atoms with Gasteiger partial charge in [0.25, 0.3) is 0 Å². The number of hydrogen-bond donors (Lipinski definition) is 1. The van der Waals surface area contributed by atoms with E-state index < -0.39 is 15.5 Å². The molecule has 1 fully saturated rings. The molecule has 1 aliphatic heterocycles. The fourth-order valence-corrected chi connectivity index (χ4v) is 5.73. The van der Waals surface area contributed by atoms with Gasteiger partial charge in [-0.1, -0.05) is 6.07 Å². The number of rotatable bonds is 3. The summed E-state index contributed by atoms with van der Waals surface area (Å²) in [6, 6.07) is 7.72. The number of fused-ring (bicyclic) bond motifs is 1. The molecule has 0 bridgehead atoms. The summed E-state index contributed by atoms with van der Waals surface area (Å²) in [6.45, 7) is 1.94. The van der Waals surface area contributed by atoms with E-state index in [1.165, 1.54) is 12.4 Å². The number of phenols is 1. The predicted molar refractivity (Wildman–Crippen MR) is 104 cm³/mol. The number of aromatic nitrogens is 2. The van der Waals surface area contributed by atoms with E-state index in [9.17, 15) is 13.7 Å². The van der Waals surface area contributed by atoms with E-state index in [1.54, 1.807) is 6.07 Å². The molecule has 1 saturated heterocycles. The van der Waals surface area contributed by atoms with Crippen molar-refractivity contribution in [3.63, 3.8) is 0 Å². The molecule has 0 spiro atoms. The Bertz CT molecular complexity index is 1140. The van der Waals surface area contributed by atoms with Crippen LogP contribution in [0.2, 0.25) is 0 Å². The molecule has 4 rings (SSSR count). The lowest BCUT2D eigenvalue weighted by Gasteiger charge is -2.10.